The van der Waals surface area contributed by atoms with E-state index in [1.165, 1.54) is 24.5 Å². The van der Waals surface area contributed by atoms with Crippen LogP contribution < -0.4 is 4.74 Å². The Labute approximate surface area is 189 Å². The Hall–Kier alpha value is -3.93. The Morgan fingerprint density at radius 2 is 1.39 bits per heavy atom. The van der Waals surface area contributed by atoms with Crippen molar-refractivity contribution >= 4 is 5.78 Å². The van der Waals surface area contributed by atoms with Gasteiger partial charge in [-0.05, 0) is 77.6 Å². The minimum Gasteiger partial charge on any atom is -0.497 e. The highest BCUT2D eigenvalue weighted by Gasteiger charge is 2.44. The Bertz CT molecular complexity index is 1320. The molecule has 6 heteroatoms. The van der Waals surface area contributed by atoms with Gasteiger partial charge in [-0.25, -0.2) is 9.97 Å². The molecule has 0 N–H and O–H groups in total. The monoisotopic (exact) mass is 442 g/mol. The lowest BCUT2D eigenvalue weighted by atomic mass is 9.61. The lowest BCUT2D eigenvalue weighted by Gasteiger charge is -2.41. The minimum atomic E-state index is -0.782. The number of rotatable bonds is 5. The van der Waals surface area contributed by atoms with Crippen LogP contribution in [0.2, 0.25) is 0 Å². The second-order valence-electron chi connectivity index (χ2n) is 8.20. The van der Waals surface area contributed by atoms with E-state index in [-0.39, 0.29) is 5.78 Å². The zero-order chi connectivity index (χ0) is 23.0. The van der Waals surface area contributed by atoms with Crippen LogP contribution in [-0.2, 0) is 18.3 Å². The zero-order valence-corrected chi connectivity index (χ0v) is 17.9. The van der Waals surface area contributed by atoms with Gasteiger partial charge in [-0.2, -0.15) is 8.78 Å². The third-order valence-corrected chi connectivity index (χ3v) is 6.27. The van der Waals surface area contributed by atoms with Crippen LogP contribution >= 0.6 is 0 Å². The molecule has 0 spiro atoms. The summed E-state index contributed by atoms with van der Waals surface area (Å²) in [4.78, 5) is 20.8. The molecule has 33 heavy (non-hydrogen) atoms. The molecule has 0 bridgehead atoms. The van der Waals surface area contributed by atoms with E-state index >= 15 is 0 Å². The van der Waals surface area contributed by atoms with Crippen molar-refractivity contribution in [2.24, 2.45) is 0 Å². The molecule has 0 radical (unpaired) electrons. The van der Waals surface area contributed by atoms with E-state index in [2.05, 4.69) is 9.97 Å². The predicted molar refractivity (Wildman–Crippen MR) is 119 cm³/mol. The van der Waals surface area contributed by atoms with Crippen molar-refractivity contribution < 1.29 is 18.3 Å². The predicted octanol–water partition coefficient (Wildman–Crippen LogP) is 5.08. The van der Waals surface area contributed by atoms with Crippen molar-refractivity contribution in [1.29, 1.82) is 0 Å². The van der Waals surface area contributed by atoms with Gasteiger partial charge >= 0.3 is 0 Å². The first kappa shape index (κ1) is 20.9. The number of ketones is 1. The molecule has 0 aliphatic heterocycles. The smallest absolute Gasteiger partial charge is 0.213 e. The van der Waals surface area contributed by atoms with Crippen LogP contribution in [0.5, 0.6) is 5.75 Å². The number of carbonyl (C=O) groups is 1. The summed E-state index contributed by atoms with van der Waals surface area (Å²) in [7, 11) is 1.57. The van der Waals surface area contributed by atoms with Crippen LogP contribution in [0.15, 0.2) is 79.1 Å². The quantitative estimate of drug-likeness (QED) is 0.405. The van der Waals surface area contributed by atoms with Crippen molar-refractivity contribution in [2.75, 3.05) is 7.11 Å². The third-order valence-electron chi connectivity index (χ3n) is 6.27. The van der Waals surface area contributed by atoms with Crippen LogP contribution in [0.25, 0.3) is 0 Å². The van der Waals surface area contributed by atoms with E-state index in [1.807, 2.05) is 24.3 Å². The van der Waals surface area contributed by atoms with Crippen LogP contribution in [0.3, 0.4) is 0 Å². The summed E-state index contributed by atoms with van der Waals surface area (Å²) < 4.78 is 33.6. The van der Waals surface area contributed by atoms with Crippen molar-refractivity contribution in [3.63, 3.8) is 0 Å². The summed E-state index contributed by atoms with van der Waals surface area (Å²) in [6.07, 6.45) is 3.61. The van der Waals surface area contributed by atoms with E-state index in [9.17, 15) is 13.6 Å². The maximum Gasteiger partial charge on any atom is 0.213 e. The number of hydrogen-bond donors (Lipinski definition) is 0. The van der Waals surface area contributed by atoms with Crippen molar-refractivity contribution in [3.8, 4) is 5.75 Å². The van der Waals surface area contributed by atoms with Crippen molar-refractivity contribution in [2.45, 2.75) is 18.3 Å². The minimum absolute atomic E-state index is 0.0827. The number of halogens is 2. The Morgan fingerprint density at radius 3 is 2.00 bits per heavy atom. The number of carbonyl (C=O) groups excluding carboxylic acids is 1. The molecule has 0 atom stereocenters. The number of methoxy groups -OCH3 is 1. The van der Waals surface area contributed by atoms with E-state index in [0.717, 1.165) is 22.3 Å². The van der Waals surface area contributed by atoms with Gasteiger partial charge in [0.1, 0.15) is 5.75 Å². The van der Waals surface area contributed by atoms with Gasteiger partial charge in [-0.3, -0.25) is 4.79 Å². The average Bonchev–Trinajstić information content (AvgIpc) is 2.82. The molecule has 0 saturated heterocycles. The van der Waals surface area contributed by atoms with E-state index in [1.54, 1.807) is 37.4 Å². The molecule has 2 aromatic carbocycles. The first-order valence-corrected chi connectivity index (χ1v) is 10.5. The average molecular weight is 442 g/mol. The molecule has 1 aliphatic carbocycles. The summed E-state index contributed by atoms with van der Waals surface area (Å²) in [5.41, 5.74) is 3.36. The Morgan fingerprint density at radius 1 is 0.788 bits per heavy atom. The molecule has 2 heterocycles. The second-order valence-corrected chi connectivity index (χ2v) is 8.20. The number of aromatic nitrogens is 2. The van der Waals surface area contributed by atoms with Crippen molar-refractivity contribution in [3.05, 3.63) is 124 Å². The summed E-state index contributed by atoms with van der Waals surface area (Å²) in [6, 6.07) is 19.1. The van der Waals surface area contributed by atoms with Gasteiger partial charge < -0.3 is 4.74 Å². The number of ether oxygens (including phenoxy) is 1. The molecule has 1 aliphatic rings. The Balaban J connectivity index is 1.81. The van der Waals surface area contributed by atoms with Gasteiger partial charge in [0.15, 0.2) is 5.78 Å². The maximum absolute atomic E-state index is 14.1. The third kappa shape index (κ3) is 3.67. The molecular formula is C27H20F2N2O2. The van der Waals surface area contributed by atoms with Gasteiger partial charge in [0, 0.05) is 28.9 Å². The van der Waals surface area contributed by atoms with Gasteiger partial charge in [0.2, 0.25) is 11.9 Å². The first-order valence-electron chi connectivity index (χ1n) is 10.5. The zero-order valence-electron chi connectivity index (χ0n) is 17.9. The van der Waals surface area contributed by atoms with Gasteiger partial charge in [-0.1, -0.05) is 24.3 Å². The van der Waals surface area contributed by atoms with E-state index in [0.29, 0.717) is 29.7 Å². The van der Waals surface area contributed by atoms with Crippen molar-refractivity contribution in [1.82, 2.24) is 9.97 Å². The topological polar surface area (TPSA) is 52.1 Å². The largest absolute Gasteiger partial charge is 0.497 e. The number of pyridine rings is 2. The SMILES string of the molecule is COc1ccc2c(c1)C(Cc1ccnc(F)c1)(Cc1ccnc(F)c1)c1ccccc1C2=O. The summed E-state index contributed by atoms with van der Waals surface area (Å²) in [5.74, 6) is -0.639. The Kier molecular flexibility index (Phi) is 5.21. The molecule has 4 nitrogen and oxygen atoms in total. The summed E-state index contributed by atoms with van der Waals surface area (Å²) in [6.45, 7) is 0. The van der Waals surface area contributed by atoms with Crippen LogP contribution in [0, 0.1) is 11.9 Å². The molecule has 4 aromatic rings. The maximum atomic E-state index is 14.1. The van der Waals surface area contributed by atoms with Gasteiger partial charge in [0.25, 0.3) is 0 Å². The molecule has 0 amide bonds. The molecule has 5 rings (SSSR count). The molecule has 2 aromatic heterocycles. The van der Waals surface area contributed by atoms with Crippen LogP contribution in [-0.4, -0.2) is 22.9 Å². The highest BCUT2D eigenvalue weighted by molar-refractivity contribution is 6.13. The fourth-order valence-corrected chi connectivity index (χ4v) is 4.88. The summed E-state index contributed by atoms with van der Waals surface area (Å²) >= 11 is 0. The molecular weight excluding hydrogens is 422 g/mol. The second kappa shape index (κ2) is 8.20. The lowest BCUT2D eigenvalue weighted by Crippen LogP contribution is -2.40. The molecule has 0 unspecified atom stereocenters. The van der Waals surface area contributed by atoms with Crippen LogP contribution in [0.1, 0.15) is 38.2 Å². The summed E-state index contributed by atoms with van der Waals surface area (Å²) in [5, 5.41) is 0. The van der Waals surface area contributed by atoms with Crippen LogP contribution in [0.4, 0.5) is 8.78 Å². The van der Waals surface area contributed by atoms with E-state index in [4.69, 9.17) is 4.74 Å². The highest BCUT2D eigenvalue weighted by Crippen LogP contribution is 2.47. The van der Waals surface area contributed by atoms with Gasteiger partial charge in [0.05, 0.1) is 7.11 Å². The number of fused-ring (bicyclic) bond motifs is 2. The normalized spacial score (nSPS) is 13.8. The number of benzene rings is 2. The fraction of sp³-hybridized carbons (Fsp3) is 0.148. The van der Waals surface area contributed by atoms with Gasteiger partial charge in [-0.15, -0.1) is 0 Å². The molecule has 0 saturated carbocycles. The number of nitrogens with zero attached hydrogens (tertiary/aromatic N) is 2. The standard InChI is InChI=1S/C27H20F2N2O2/c1-33-19-6-7-21-23(14-19)27(15-17-8-10-30-24(28)12-17,16-18-9-11-31-25(29)13-18)22-5-3-2-4-20(22)26(21)32/h2-14H,15-16H2,1H3. The molecule has 0 fully saturated rings. The number of hydrogen-bond acceptors (Lipinski definition) is 4. The highest BCUT2D eigenvalue weighted by atomic mass is 19.1. The lowest BCUT2D eigenvalue weighted by molar-refractivity contribution is 0.102. The first-order chi connectivity index (χ1) is 16.0. The molecule has 164 valence electrons. The van der Waals surface area contributed by atoms with E-state index < -0.39 is 17.3 Å². The fourth-order valence-electron chi connectivity index (χ4n) is 4.88.